The predicted octanol–water partition coefficient (Wildman–Crippen LogP) is 5.43. The molecule has 0 bridgehead atoms. The first-order valence-electron chi connectivity index (χ1n) is 11.3. The van der Waals surface area contributed by atoms with Crippen LogP contribution >= 0.6 is 11.8 Å². The van der Waals surface area contributed by atoms with E-state index in [0.29, 0.717) is 24.8 Å². The first-order valence-corrected chi connectivity index (χ1v) is 12.3. The summed E-state index contributed by atoms with van der Waals surface area (Å²) >= 11 is 1.42. The summed E-state index contributed by atoms with van der Waals surface area (Å²) in [5.74, 6) is 1.70. The number of thioether (sulfide) groups is 1. The van der Waals surface area contributed by atoms with E-state index in [1.165, 1.54) is 11.8 Å². The van der Waals surface area contributed by atoms with Crippen molar-refractivity contribution in [1.82, 2.24) is 25.1 Å². The molecule has 0 saturated heterocycles. The Hall–Kier alpha value is -3.19. The van der Waals surface area contributed by atoms with Crippen LogP contribution < -0.4 is 5.32 Å². The normalized spacial score (nSPS) is 11.3. The van der Waals surface area contributed by atoms with E-state index in [1.54, 1.807) is 0 Å². The molecule has 4 aromatic rings. The Morgan fingerprint density at radius 3 is 2.58 bits per heavy atom. The maximum absolute atomic E-state index is 12.3. The van der Waals surface area contributed by atoms with Crippen LogP contribution in [0.5, 0.6) is 0 Å². The fourth-order valence-electron chi connectivity index (χ4n) is 3.68. The number of hydrogen-bond donors (Lipinski definition) is 1. The van der Waals surface area contributed by atoms with Gasteiger partial charge < -0.3 is 9.88 Å². The van der Waals surface area contributed by atoms with Gasteiger partial charge >= 0.3 is 0 Å². The van der Waals surface area contributed by atoms with Crippen LogP contribution in [0.25, 0.3) is 33.5 Å². The Morgan fingerprint density at radius 2 is 1.82 bits per heavy atom. The molecule has 0 radical (unpaired) electrons. The molecule has 0 aliphatic rings. The molecule has 2 aromatic carbocycles. The van der Waals surface area contributed by atoms with E-state index >= 15 is 0 Å². The molecule has 2 heterocycles. The highest BCUT2D eigenvalue weighted by molar-refractivity contribution is 7.99. The Bertz CT molecular complexity index is 1240. The predicted molar refractivity (Wildman–Crippen MR) is 135 cm³/mol. The van der Waals surface area contributed by atoms with Crippen molar-refractivity contribution in [2.24, 2.45) is 5.92 Å². The van der Waals surface area contributed by atoms with Gasteiger partial charge in [0, 0.05) is 29.6 Å². The maximum Gasteiger partial charge on any atom is 0.230 e. The first-order chi connectivity index (χ1) is 16.1. The lowest BCUT2D eigenvalue weighted by Gasteiger charge is -2.12. The molecule has 0 fully saturated rings. The van der Waals surface area contributed by atoms with Gasteiger partial charge in [0.05, 0.1) is 17.0 Å². The van der Waals surface area contributed by atoms with Crippen LogP contribution in [0.4, 0.5) is 0 Å². The van der Waals surface area contributed by atoms with Crippen LogP contribution in [-0.4, -0.2) is 38.0 Å². The fraction of sp³-hybridized carbons (Fsp3) is 0.308. The molecular formula is C26H29N5OS. The van der Waals surface area contributed by atoms with Gasteiger partial charge in [-0.1, -0.05) is 74.1 Å². The average molecular weight is 460 g/mol. The maximum atomic E-state index is 12.3. The summed E-state index contributed by atoms with van der Waals surface area (Å²) in [5, 5.41) is 13.7. The number of pyridine rings is 1. The van der Waals surface area contributed by atoms with E-state index in [4.69, 9.17) is 4.98 Å². The van der Waals surface area contributed by atoms with Gasteiger partial charge in [-0.3, -0.25) is 4.79 Å². The number of fused-ring (bicyclic) bond motifs is 1. The Kier molecular flexibility index (Phi) is 7.40. The van der Waals surface area contributed by atoms with Crippen molar-refractivity contribution in [3.05, 3.63) is 60.7 Å². The fourth-order valence-corrected chi connectivity index (χ4v) is 4.51. The minimum absolute atomic E-state index is 0.0218. The lowest BCUT2D eigenvalue weighted by Crippen LogP contribution is -2.27. The van der Waals surface area contributed by atoms with E-state index in [-0.39, 0.29) is 5.91 Å². The van der Waals surface area contributed by atoms with Crippen LogP contribution in [0.15, 0.2) is 65.8 Å². The van der Waals surface area contributed by atoms with Crippen molar-refractivity contribution in [2.45, 2.75) is 38.9 Å². The van der Waals surface area contributed by atoms with Crippen LogP contribution in [0, 0.1) is 5.92 Å². The number of rotatable bonds is 9. The minimum atomic E-state index is 0.0218. The zero-order chi connectivity index (χ0) is 23.2. The van der Waals surface area contributed by atoms with E-state index in [1.807, 2.05) is 36.4 Å². The summed E-state index contributed by atoms with van der Waals surface area (Å²) in [6.07, 6.45) is 0.977. The molecule has 1 N–H and O–H groups in total. The third kappa shape index (κ3) is 5.42. The van der Waals surface area contributed by atoms with Crippen molar-refractivity contribution >= 4 is 28.6 Å². The molecule has 0 saturated carbocycles. The molecule has 2 aromatic heterocycles. The lowest BCUT2D eigenvalue weighted by molar-refractivity contribution is -0.118. The Balaban J connectivity index is 1.65. The van der Waals surface area contributed by atoms with Gasteiger partial charge in [0.2, 0.25) is 5.91 Å². The van der Waals surface area contributed by atoms with Crippen molar-refractivity contribution < 1.29 is 4.79 Å². The van der Waals surface area contributed by atoms with Crippen molar-refractivity contribution in [3.8, 4) is 22.6 Å². The number of benzene rings is 2. The van der Waals surface area contributed by atoms with Crippen molar-refractivity contribution in [1.29, 1.82) is 0 Å². The summed E-state index contributed by atoms with van der Waals surface area (Å²) in [4.78, 5) is 17.1. The second kappa shape index (κ2) is 10.6. The van der Waals surface area contributed by atoms with Crippen LogP contribution in [0.2, 0.25) is 0 Å². The van der Waals surface area contributed by atoms with Gasteiger partial charge in [0.1, 0.15) is 0 Å². The summed E-state index contributed by atoms with van der Waals surface area (Å²) in [6, 6.07) is 20.3. The molecule has 0 atom stereocenters. The van der Waals surface area contributed by atoms with E-state index in [9.17, 15) is 4.79 Å². The number of para-hydroxylation sites is 1. The molecule has 6 nitrogen and oxygen atoms in total. The number of nitrogens with zero attached hydrogens (tertiary/aromatic N) is 4. The quantitative estimate of drug-likeness (QED) is 0.338. The van der Waals surface area contributed by atoms with Crippen molar-refractivity contribution in [2.75, 3.05) is 12.3 Å². The lowest BCUT2D eigenvalue weighted by atomic mass is 10.0. The Labute approximate surface area is 198 Å². The summed E-state index contributed by atoms with van der Waals surface area (Å²) < 4.78 is 2.07. The summed E-state index contributed by atoms with van der Waals surface area (Å²) in [5.41, 5.74) is 3.86. The number of aromatic nitrogens is 4. The highest BCUT2D eigenvalue weighted by Crippen LogP contribution is 2.32. The molecule has 7 heteroatoms. The van der Waals surface area contributed by atoms with E-state index < -0.39 is 0 Å². The van der Waals surface area contributed by atoms with Crippen LogP contribution in [0.1, 0.15) is 27.2 Å². The number of hydrogen-bond acceptors (Lipinski definition) is 5. The molecule has 4 rings (SSSR count). The summed E-state index contributed by atoms with van der Waals surface area (Å²) in [6.45, 7) is 7.78. The third-order valence-corrected chi connectivity index (χ3v) is 6.40. The van der Waals surface area contributed by atoms with E-state index in [2.05, 4.69) is 65.1 Å². The molecule has 0 spiro atoms. The van der Waals surface area contributed by atoms with Gasteiger partial charge in [0.25, 0.3) is 0 Å². The number of carbonyl (C=O) groups excluding carboxylic acids is 1. The van der Waals surface area contributed by atoms with Gasteiger partial charge in [0.15, 0.2) is 11.0 Å². The molecule has 0 unspecified atom stereocenters. The van der Waals surface area contributed by atoms with Gasteiger partial charge in [-0.2, -0.15) is 0 Å². The molecule has 170 valence electrons. The monoisotopic (exact) mass is 459 g/mol. The smallest absolute Gasteiger partial charge is 0.230 e. The number of carbonyl (C=O) groups is 1. The first kappa shape index (κ1) is 23.0. The highest BCUT2D eigenvalue weighted by atomic mass is 32.2. The molecule has 1 amide bonds. The zero-order valence-electron chi connectivity index (χ0n) is 19.3. The second-order valence-corrected chi connectivity index (χ2v) is 9.25. The van der Waals surface area contributed by atoms with Gasteiger partial charge in [-0.15, -0.1) is 10.2 Å². The minimum Gasteiger partial charge on any atom is -0.355 e. The van der Waals surface area contributed by atoms with E-state index in [0.717, 1.165) is 45.1 Å². The largest absolute Gasteiger partial charge is 0.355 e. The molecule has 33 heavy (non-hydrogen) atoms. The van der Waals surface area contributed by atoms with Crippen LogP contribution in [0.3, 0.4) is 0 Å². The van der Waals surface area contributed by atoms with Gasteiger partial charge in [-0.25, -0.2) is 4.98 Å². The number of amides is 1. The average Bonchev–Trinajstić information content (AvgIpc) is 3.25. The Morgan fingerprint density at radius 1 is 1.06 bits per heavy atom. The second-order valence-electron chi connectivity index (χ2n) is 8.31. The molecule has 0 aliphatic carbocycles. The third-order valence-electron chi connectivity index (χ3n) is 5.44. The highest BCUT2D eigenvalue weighted by Gasteiger charge is 2.18. The topological polar surface area (TPSA) is 72.7 Å². The standard InChI is InChI=1S/C26H29N5OS/c1-4-31-25(29-30-26(31)33-17-24(32)27-15-14-18(2)3)21-16-23(19-10-6-5-7-11-19)28-22-13-9-8-12-20(21)22/h5-13,16,18H,4,14-15,17H2,1-3H3,(H,27,32). The zero-order valence-corrected chi connectivity index (χ0v) is 20.1. The van der Waals surface area contributed by atoms with Gasteiger partial charge in [-0.05, 0) is 31.4 Å². The summed E-state index contributed by atoms with van der Waals surface area (Å²) in [7, 11) is 0. The SMILES string of the molecule is CCn1c(SCC(=O)NCCC(C)C)nnc1-c1cc(-c2ccccc2)nc2ccccc12. The molecule has 0 aliphatic heterocycles. The van der Waals surface area contributed by atoms with Crippen molar-refractivity contribution in [3.63, 3.8) is 0 Å². The number of nitrogens with one attached hydrogen (secondary N) is 1. The molecular weight excluding hydrogens is 430 g/mol. The van der Waals surface area contributed by atoms with Crippen LogP contribution in [-0.2, 0) is 11.3 Å².